The molecule has 140 valence electrons. The highest BCUT2D eigenvalue weighted by atomic mass is 79.9. The summed E-state index contributed by atoms with van der Waals surface area (Å²) in [5.41, 5.74) is -5.89. The van der Waals surface area contributed by atoms with Crippen LogP contribution in [0.2, 0.25) is 0 Å². The van der Waals surface area contributed by atoms with Crippen molar-refractivity contribution in [3.8, 4) is 0 Å². The van der Waals surface area contributed by atoms with Crippen molar-refractivity contribution >= 4 is 27.9 Å². The summed E-state index contributed by atoms with van der Waals surface area (Å²) in [7, 11) is 0. The number of alkyl halides is 6. The average molecular weight is 438 g/mol. The van der Waals surface area contributed by atoms with E-state index in [0.29, 0.717) is 4.47 Å². The summed E-state index contributed by atoms with van der Waals surface area (Å²) >= 11 is 3.07. The van der Waals surface area contributed by atoms with Crippen LogP contribution in [-0.4, -0.2) is 43.1 Å². The quantitative estimate of drug-likeness (QED) is 0.401. The Morgan fingerprint density at radius 2 is 1.52 bits per heavy atom. The summed E-state index contributed by atoms with van der Waals surface area (Å²) in [5, 5.41) is 11.0. The molecule has 1 aromatic rings. The average Bonchev–Trinajstić information content (AvgIpc) is 2.47. The van der Waals surface area contributed by atoms with Gasteiger partial charge >= 0.3 is 24.3 Å². The summed E-state index contributed by atoms with van der Waals surface area (Å²) in [6.45, 7) is -2.00. The van der Waals surface area contributed by atoms with Crippen LogP contribution in [0.5, 0.6) is 0 Å². The smallest absolute Gasteiger partial charge is 0.399 e. The Morgan fingerprint density at radius 3 is 2.00 bits per heavy atom. The van der Waals surface area contributed by atoms with Gasteiger partial charge in [0.05, 0.1) is 5.56 Å². The Balaban J connectivity index is 2.63. The van der Waals surface area contributed by atoms with E-state index in [2.05, 4.69) is 25.4 Å². The second-order valence-corrected chi connectivity index (χ2v) is 5.37. The molecule has 0 saturated heterocycles. The minimum absolute atomic E-state index is 0.0319. The Labute approximate surface area is 144 Å². The number of hydrogen-bond donors (Lipinski definition) is 0. The fraction of sp³-hybridized carbons (Fsp3) is 0.385. The summed E-state index contributed by atoms with van der Waals surface area (Å²) in [6, 6.07) is 5.72. The lowest BCUT2D eigenvalue weighted by atomic mass is 10.0. The molecule has 0 unspecified atom stereocenters. The number of benzene rings is 1. The fourth-order valence-corrected chi connectivity index (χ4v) is 1.86. The van der Waals surface area contributed by atoms with Crippen molar-refractivity contribution in [1.82, 2.24) is 0 Å². The molecule has 0 N–H and O–H groups in total. The molecule has 1 aromatic carbocycles. The highest BCUT2D eigenvalue weighted by Crippen LogP contribution is 2.41. The molecule has 25 heavy (non-hydrogen) atoms. The molecule has 0 aliphatic heterocycles. The Bertz CT molecular complexity index is 629. The van der Waals surface area contributed by atoms with E-state index >= 15 is 0 Å². The second kappa shape index (κ2) is 7.60. The fourth-order valence-electron chi connectivity index (χ4n) is 1.46. The molecule has 0 fully saturated rings. The molecule has 0 atom stereocenters. The lowest BCUT2D eigenvalue weighted by Gasteiger charge is -2.40. The zero-order valence-corrected chi connectivity index (χ0v) is 13.5. The minimum atomic E-state index is -6.45. The number of esters is 2. The van der Waals surface area contributed by atoms with E-state index in [4.69, 9.17) is 0 Å². The number of ether oxygens (including phenoxy) is 2. The Hall–Kier alpha value is -1.82. The van der Waals surface area contributed by atoms with Crippen LogP contribution in [0.3, 0.4) is 0 Å². The van der Waals surface area contributed by atoms with Gasteiger partial charge in [0.1, 0.15) is 13.2 Å². The van der Waals surface area contributed by atoms with Gasteiger partial charge in [0, 0.05) is 4.47 Å². The highest BCUT2D eigenvalue weighted by molar-refractivity contribution is 9.10. The summed E-state index contributed by atoms with van der Waals surface area (Å²) in [5.74, 6) is -4.04. The van der Waals surface area contributed by atoms with E-state index in [-0.39, 0.29) is 5.56 Å². The van der Waals surface area contributed by atoms with Gasteiger partial charge in [-0.25, -0.2) is 4.79 Å². The van der Waals surface area contributed by atoms with Gasteiger partial charge in [0.25, 0.3) is 0 Å². The molecule has 0 spiro atoms. The van der Waals surface area contributed by atoms with Gasteiger partial charge in [-0.3, -0.25) is 4.79 Å². The van der Waals surface area contributed by atoms with E-state index in [1.807, 2.05) is 0 Å². The van der Waals surface area contributed by atoms with Crippen LogP contribution in [0.4, 0.5) is 26.3 Å². The molecule has 5 nitrogen and oxygen atoms in total. The van der Waals surface area contributed by atoms with Gasteiger partial charge in [0.15, 0.2) is 5.60 Å². The molecular weight excluding hydrogens is 430 g/mol. The van der Waals surface area contributed by atoms with Gasteiger partial charge in [-0.2, -0.15) is 26.3 Å². The number of carbonyl (C=O) groups excluding carboxylic acids is 2. The number of hydrogen-bond acceptors (Lipinski definition) is 5. The predicted octanol–water partition coefficient (Wildman–Crippen LogP) is 2.37. The third-order valence-corrected chi connectivity index (χ3v) is 3.19. The van der Waals surface area contributed by atoms with Crippen molar-refractivity contribution in [3.05, 3.63) is 34.3 Å². The Morgan fingerprint density at radius 1 is 1.00 bits per heavy atom. The molecular formula is C13H8BrF6O5-. The normalized spacial score (nSPS) is 12.6. The van der Waals surface area contributed by atoms with Crippen molar-refractivity contribution in [1.29, 1.82) is 0 Å². The Kier molecular flexibility index (Phi) is 6.45. The first kappa shape index (κ1) is 21.2. The van der Waals surface area contributed by atoms with Crippen LogP contribution in [0.15, 0.2) is 28.7 Å². The second-order valence-electron chi connectivity index (χ2n) is 4.46. The van der Waals surface area contributed by atoms with Crippen LogP contribution in [0, 0.1) is 0 Å². The maximum atomic E-state index is 12.3. The largest absolute Gasteiger partial charge is 0.828 e. The van der Waals surface area contributed by atoms with Crippen molar-refractivity contribution in [2.24, 2.45) is 0 Å². The van der Waals surface area contributed by atoms with E-state index in [1.54, 1.807) is 6.07 Å². The minimum Gasteiger partial charge on any atom is -0.828 e. The first-order valence-corrected chi connectivity index (χ1v) is 7.04. The van der Waals surface area contributed by atoms with Gasteiger partial charge in [0.2, 0.25) is 0 Å². The monoisotopic (exact) mass is 437 g/mol. The zero-order chi connectivity index (χ0) is 19.5. The van der Waals surface area contributed by atoms with Gasteiger partial charge in [-0.05, 0) is 18.2 Å². The van der Waals surface area contributed by atoms with E-state index in [0.717, 1.165) is 0 Å². The zero-order valence-electron chi connectivity index (χ0n) is 11.9. The van der Waals surface area contributed by atoms with Crippen LogP contribution >= 0.6 is 15.9 Å². The number of carbonyl (C=O) groups is 2. The third-order valence-electron chi connectivity index (χ3n) is 2.70. The van der Waals surface area contributed by atoms with Crippen LogP contribution in [-0.2, 0) is 14.3 Å². The molecule has 12 heteroatoms. The van der Waals surface area contributed by atoms with E-state index in [1.165, 1.54) is 18.2 Å². The van der Waals surface area contributed by atoms with Crippen molar-refractivity contribution in [2.45, 2.75) is 18.0 Å². The lowest BCUT2D eigenvalue weighted by molar-refractivity contribution is -0.574. The molecule has 0 amide bonds. The molecule has 0 radical (unpaired) electrons. The van der Waals surface area contributed by atoms with Crippen LogP contribution < -0.4 is 5.11 Å². The molecule has 0 bridgehead atoms. The van der Waals surface area contributed by atoms with Gasteiger partial charge in [-0.1, -0.05) is 22.0 Å². The number of halogens is 7. The third kappa shape index (κ3) is 4.84. The SMILES string of the molecule is O=C(OCCOC(=O)C([O-])(C(F)(F)F)C(F)(F)F)c1cccc(Br)c1. The molecule has 0 aliphatic carbocycles. The van der Waals surface area contributed by atoms with Crippen LogP contribution in [0.1, 0.15) is 10.4 Å². The highest BCUT2D eigenvalue weighted by Gasteiger charge is 2.68. The van der Waals surface area contributed by atoms with Crippen molar-refractivity contribution in [2.75, 3.05) is 13.2 Å². The van der Waals surface area contributed by atoms with Gasteiger partial charge in [-0.15, -0.1) is 0 Å². The first-order chi connectivity index (χ1) is 11.3. The number of rotatable bonds is 5. The maximum Gasteiger partial charge on any atom is 0.399 e. The topological polar surface area (TPSA) is 75.7 Å². The molecule has 0 heterocycles. The predicted molar refractivity (Wildman–Crippen MR) is 70.2 cm³/mol. The standard InChI is InChI=1S/C13H8BrF6O5/c14-8-3-1-2-7(6-8)9(21)24-4-5-25-10(22)11(23,12(15,16)17)13(18,19)20/h1-3,6H,4-5H2/q-1. The van der Waals surface area contributed by atoms with Crippen molar-refractivity contribution in [3.63, 3.8) is 0 Å². The molecule has 0 aliphatic rings. The van der Waals surface area contributed by atoms with Crippen molar-refractivity contribution < 1.29 is 50.5 Å². The molecule has 1 rings (SSSR count). The van der Waals surface area contributed by atoms with E-state index in [9.17, 15) is 41.0 Å². The van der Waals surface area contributed by atoms with E-state index < -0.39 is 43.1 Å². The van der Waals surface area contributed by atoms with Gasteiger partial charge < -0.3 is 14.6 Å². The first-order valence-electron chi connectivity index (χ1n) is 6.24. The summed E-state index contributed by atoms with van der Waals surface area (Å²) < 4.78 is 82.7. The maximum absolute atomic E-state index is 12.3. The van der Waals surface area contributed by atoms with Crippen LogP contribution in [0.25, 0.3) is 0 Å². The molecule has 0 aromatic heterocycles. The lowest BCUT2D eigenvalue weighted by Crippen LogP contribution is -2.71. The summed E-state index contributed by atoms with van der Waals surface area (Å²) in [4.78, 5) is 22.5. The summed E-state index contributed by atoms with van der Waals surface area (Å²) in [6.07, 6.45) is -12.9. The molecule has 0 saturated carbocycles.